The van der Waals surface area contributed by atoms with Gasteiger partial charge in [0.15, 0.2) is 0 Å². The lowest BCUT2D eigenvalue weighted by atomic mass is 9.99. The number of sulfonamides is 1. The van der Waals surface area contributed by atoms with Crippen molar-refractivity contribution in [3.63, 3.8) is 0 Å². The number of carbonyl (C=O) groups is 2. The summed E-state index contributed by atoms with van der Waals surface area (Å²) in [7, 11) is -3.67. The number of hydrogen-bond acceptors (Lipinski definition) is 6. The van der Waals surface area contributed by atoms with E-state index in [4.69, 9.17) is 9.47 Å². The molecule has 0 bridgehead atoms. The Morgan fingerprint density at radius 1 is 1.13 bits per heavy atom. The van der Waals surface area contributed by atoms with E-state index in [0.29, 0.717) is 44.7 Å². The molecule has 1 aromatic rings. The Morgan fingerprint density at radius 2 is 1.84 bits per heavy atom. The molecule has 3 fully saturated rings. The van der Waals surface area contributed by atoms with Gasteiger partial charge >= 0.3 is 0 Å². The van der Waals surface area contributed by atoms with Crippen molar-refractivity contribution in [3.05, 3.63) is 36.9 Å². The fraction of sp³-hybridized carbons (Fsp3) is 0.524. The van der Waals surface area contributed by atoms with Crippen LogP contribution in [0.4, 0.5) is 5.69 Å². The molecule has 4 rings (SSSR count). The molecule has 2 amide bonds. The maximum absolute atomic E-state index is 13.0. The van der Waals surface area contributed by atoms with Crippen LogP contribution in [0.3, 0.4) is 0 Å². The Balaban J connectivity index is 1.35. The molecule has 3 heterocycles. The summed E-state index contributed by atoms with van der Waals surface area (Å²) in [5.41, 5.74) is 0.567. The third-order valence-corrected chi connectivity index (χ3v) is 7.89. The van der Waals surface area contributed by atoms with Crippen molar-refractivity contribution < 1.29 is 27.5 Å². The molecule has 3 unspecified atom stereocenters. The molecule has 0 spiro atoms. The normalized spacial score (nSPS) is 26.9. The van der Waals surface area contributed by atoms with E-state index >= 15 is 0 Å². The van der Waals surface area contributed by atoms with Gasteiger partial charge in [0.05, 0.1) is 11.0 Å². The molecule has 10 heteroatoms. The van der Waals surface area contributed by atoms with Gasteiger partial charge in [-0.1, -0.05) is 6.58 Å². The first kappa shape index (κ1) is 21.9. The quantitative estimate of drug-likeness (QED) is 0.629. The predicted octanol–water partition coefficient (Wildman–Crippen LogP) is 1.09. The summed E-state index contributed by atoms with van der Waals surface area (Å²) < 4.78 is 38.6. The van der Waals surface area contributed by atoms with E-state index < -0.39 is 16.3 Å². The van der Waals surface area contributed by atoms with Gasteiger partial charge in [0, 0.05) is 43.8 Å². The molecule has 3 aliphatic rings. The van der Waals surface area contributed by atoms with Crippen LogP contribution in [0.15, 0.2) is 41.8 Å². The van der Waals surface area contributed by atoms with E-state index in [1.165, 1.54) is 22.5 Å². The van der Waals surface area contributed by atoms with Crippen molar-refractivity contribution in [3.8, 4) is 0 Å². The lowest BCUT2D eigenvalue weighted by Crippen LogP contribution is -2.37. The second-order valence-electron chi connectivity index (χ2n) is 8.09. The summed E-state index contributed by atoms with van der Waals surface area (Å²) >= 11 is 0. The molecule has 0 aromatic heterocycles. The van der Waals surface area contributed by atoms with Crippen molar-refractivity contribution in [1.29, 1.82) is 0 Å². The first-order valence-corrected chi connectivity index (χ1v) is 11.9. The molecule has 3 aliphatic heterocycles. The van der Waals surface area contributed by atoms with Crippen molar-refractivity contribution in [2.45, 2.75) is 36.5 Å². The zero-order chi connectivity index (χ0) is 22.0. The number of fused-ring (bicyclic) bond motifs is 1. The van der Waals surface area contributed by atoms with Crippen LogP contribution in [0.25, 0.3) is 0 Å². The van der Waals surface area contributed by atoms with Crippen LogP contribution in [-0.2, 0) is 29.1 Å². The number of nitrogens with one attached hydrogen (secondary N) is 2. The molecule has 168 valence electrons. The van der Waals surface area contributed by atoms with Gasteiger partial charge in [-0.3, -0.25) is 9.59 Å². The van der Waals surface area contributed by atoms with Crippen molar-refractivity contribution in [2.75, 3.05) is 31.6 Å². The standard InChI is InChI=1S/C21H27N3O6S/c1-2-19(25)23-20-11-15-12-24(13-18(15)30-20)31(27,28)17-5-3-16(4-6-17)22-21(26)14-7-9-29-10-8-14/h2-6,14-15,18,20H,1,7-13H2,(H,22,26)(H,23,25). The summed E-state index contributed by atoms with van der Waals surface area (Å²) in [6, 6.07) is 6.24. The monoisotopic (exact) mass is 449 g/mol. The van der Waals surface area contributed by atoms with Gasteiger partial charge in [-0.2, -0.15) is 4.31 Å². The number of ether oxygens (including phenoxy) is 2. The number of rotatable bonds is 6. The fourth-order valence-corrected chi connectivity index (χ4v) is 5.80. The second kappa shape index (κ2) is 9.07. The molecular weight excluding hydrogens is 422 g/mol. The number of anilines is 1. The van der Waals surface area contributed by atoms with Crippen LogP contribution in [0.5, 0.6) is 0 Å². The molecule has 3 saturated heterocycles. The fourth-order valence-electron chi connectivity index (χ4n) is 4.30. The van der Waals surface area contributed by atoms with E-state index in [9.17, 15) is 18.0 Å². The molecule has 3 atom stereocenters. The summed E-state index contributed by atoms with van der Waals surface area (Å²) in [6.07, 6.45) is 2.47. The maximum Gasteiger partial charge on any atom is 0.245 e. The molecule has 1 aromatic carbocycles. The van der Waals surface area contributed by atoms with Crippen LogP contribution in [0, 0.1) is 11.8 Å². The van der Waals surface area contributed by atoms with Crippen molar-refractivity contribution in [1.82, 2.24) is 9.62 Å². The summed E-state index contributed by atoms with van der Waals surface area (Å²) in [5.74, 6) is -0.427. The summed E-state index contributed by atoms with van der Waals surface area (Å²) in [5, 5.41) is 5.55. The minimum absolute atomic E-state index is 0.0305. The Hall–Kier alpha value is -2.27. The first-order chi connectivity index (χ1) is 14.9. The van der Waals surface area contributed by atoms with Crippen LogP contribution in [0.1, 0.15) is 19.3 Å². The summed E-state index contributed by atoms with van der Waals surface area (Å²) in [4.78, 5) is 24.0. The second-order valence-corrected chi connectivity index (χ2v) is 10.0. The van der Waals surface area contributed by atoms with Gasteiger partial charge in [0.1, 0.15) is 6.23 Å². The Labute approximate surface area is 181 Å². The topological polar surface area (TPSA) is 114 Å². The lowest BCUT2D eigenvalue weighted by Gasteiger charge is -2.21. The number of hydrogen-bond donors (Lipinski definition) is 2. The first-order valence-electron chi connectivity index (χ1n) is 10.4. The molecule has 0 aliphatic carbocycles. The molecular formula is C21H27N3O6S. The minimum atomic E-state index is -3.67. The maximum atomic E-state index is 13.0. The average Bonchev–Trinajstić information content (AvgIpc) is 3.34. The molecule has 0 radical (unpaired) electrons. The largest absolute Gasteiger partial charge is 0.381 e. The number of nitrogens with zero attached hydrogens (tertiary/aromatic N) is 1. The SMILES string of the molecule is C=CC(=O)NC1CC2CN(S(=O)(=O)c3ccc(NC(=O)C4CCOCC4)cc3)CC2O1. The highest BCUT2D eigenvalue weighted by atomic mass is 32.2. The van der Waals surface area contributed by atoms with Crippen molar-refractivity contribution in [2.24, 2.45) is 11.8 Å². The van der Waals surface area contributed by atoms with Crippen LogP contribution < -0.4 is 10.6 Å². The Bertz CT molecular complexity index is 928. The average molecular weight is 450 g/mol. The zero-order valence-corrected chi connectivity index (χ0v) is 18.0. The van der Waals surface area contributed by atoms with Crippen molar-refractivity contribution >= 4 is 27.5 Å². The zero-order valence-electron chi connectivity index (χ0n) is 17.2. The minimum Gasteiger partial charge on any atom is -0.381 e. The van der Waals surface area contributed by atoms with E-state index in [2.05, 4.69) is 17.2 Å². The molecule has 9 nitrogen and oxygen atoms in total. The number of carbonyl (C=O) groups excluding carboxylic acids is 2. The highest BCUT2D eigenvalue weighted by Gasteiger charge is 2.46. The van der Waals surface area contributed by atoms with Crippen LogP contribution >= 0.6 is 0 Å². The van der Waals surface area contributed by atoms with E-state index in [1.807, 2.05) is 0 Å². The van der Waals surface area contributed by atoms with E-state index in [0.717, 1.165) is 0 Å². The highest BCUT2D eigenvalue weighted by molar-refractivity contribution is 7.89. The van der Waals surface area contributed by atoms with Gasteiger partial charge in [-0.25, -0.2) is 8.42 Å². The number of benzene rings is 1. The Kier molecular flexibility index (Phi) is 6.42. The molecule has 2 N–H and O–H groups in total. The van der Waals surface area contributed by atoms with Gasteiger partial charge in [0.25, 0.3) is 0 Å². The van der Waals surface area contributed by atoms with Gasteiger partial charge in [0.2, 0.25) is 21.8 Å². The van der Waals surface area contributed by atoms with Crippen LogP contribution in [-0.4, -0.2) is 63.2 Å². The Morgan fingerprint density at radius 3 is 2.48 bits per heavy atom. The van der Waals surface area contributed by atoms with Gasteiger partial charge < -0.3 is 20.1 Å². The third kappa shape index (κ3) is 4.82. The van der Waals surface area contributed by atoms with Crippen LogP contribution in [0.2, 0.25) is 0 Å². The smallest absolute Gasteiger partial charge is 0.245 e. The van der Waals surface area contributed by atoms with E-state index in [-0.39, 0.29) is 41.2 Å². The van der Waals surface area contributed by atoms with Gasteiger partial charge in [-0.15, -0.1) is 0 Å². The lowest BCUT2D eigenvalue weighted by molar-refractivity contribution is -0.122. The predicted molar refractivity (Wildman–Crippen MR) is 112 cm³/mol. The van der Waals surface area contributed by atoms with E-state index in [1.54, 1.807) is 12.1 Å². The highest BCUT2D eigenvalue weighted by Crippen LogP contribution is 2.35. The number of amides is 2. The third-order valence-electron chi connectivity index (χ3n) is 6.04. The van der Waals surface area contributed by atoms with Gasteiger partial charge in [-0.05, 0) is 49.6 Å². The summed E-state index contributed by atoms with van der Waals surface area (Å²) in [6.45, 7) is 5.17. The molecule has 0 saturated carbocycles. The molecule has 31 heavy (non-hydrogen) atoms.